The minimum atomic E-state index is -4.43. The van der Waals surface area contributed by atoms with E-state index in [0.717, 1.165) is 30.0 Å². The van der Waals surface area contributed by atoms with Gasteiger partial charge in [0.05, 0.1) is 5.56 Å². The molecule has 0 saturated carbocycles. The highest BCUT2D eigenvalue weighted by molar-refractivity contribution is 8.13. The van der Waals surface area contributed by atoms with E-state index in [1.807, 2.05) is 0 Å². The zero-order chi connectivity index (χ0) is 14.5. The van der Waals surface area contributed by atoms with Crippen molar-refractivity contribution in [2.45, 2.75) is 19.5 Å². The van der Waals surface area contributed by atoms with Gasteiger partial charge in [-0.2, -0.15) is 13.2 Å². The number of halogens is 3. The molecule has 104 valence electrons. The molecule has 0 heterocycles. The lowest BCUT2D eigenvalue weighted by Crippen LogP contribution is -2.04. The molecule has 0 saturated heterocycles. The number of phenols is 1. The van der Waals surface area contributed by atoms with Crippen molar-refractivity contribution in [1.82, 2.24) is 0 Å². The monoisotopic (exact) mass is 290 g/mol. The molecule has 0 aliphatic rings. The van der Waals surface area contributed by atoms with Crippen molar-refractivity contribution in [3.8, 4) is 5.75 Å². The molecule has 1 rings (SSSR count). The fourth-order valence-electron chi connectivity index (χ4n) is 1.35. The molecule has 6 heteroatoms. The summed E-state index contributed by atoms with van der Waals surface area (Å²) in [5.74, 6) is 0.356. The van der Waals surface area contributed by atoms with E-state index in [9.17, 15) is 23.1 Å². The molecule has 0 unspecified atom stereocenters. The molecule has 0 radical (unpaired) electrons. The fourth-order valence-corrected chi connectivity index (χ4v) is 1.89. The van der Waals surface area contributed by atoms with Crippen LogP contribution in [0.25, 0.3) is 6.08 Å². The lowest BCUT2D eigenvalue weighted by molar-refractivity contribution is -0.137. The Hall–Kier alpha value is -1.43. The Bertz CT molecular complexity index is 481. The maximum Gasteiger partial charge on any atom is 0.416 e. The second-order valence-electron chi connectivity index (χ2n) is 3.80. The third-order valence-corrected chi connectivity index (χ3v) is 3.09. The van der Waals surface area contributed by atoms with E-state index < -0.39 is 11.7 Å². The molecule has 2 nitrogen and oxygen atoms in total. The number of carbonyl (C=O) groups is 1. The third kappa shape index (κ3) is 5.38. The maximum atomic E-state index is 12.5. The molecule has 1 aromatic carbocycles. The Kier molecular flexibility index (Phi) is 5.47. The first-order valence-electron chi connectivity index (χ1n) is 5.51. The highest BCUT2D eigenvalue weighted by Gasteiger charge is 2.30. The van der Waals surface area contributed by atoms with Crippen LogP contribution in [0, 0.1) is 0 Å². The summed E-state index contributed by atoms with van der Waals surface area (Å²) in [6.07, 6.45) is -0.836. The zero-order valence-electron chi connectivity index (χ0n) is 10.2. The van der Waals surface area contributed by atoms with Crippen molar-refractivity contribution in [3.63, 3.8) is 0 Å². The lowest BCUT2D eigenvalue weighted by Gasteiger charge is -2.08. The summed E-state index contributed by atoms with van der Waals surface area (Å²) in [4.78, 5) is 10.7. The molecule has 1 N–H and O–H groups in total. The third-order valence-electron chi connectivity index (χ3n) is 2.24. The van der Waals surface area contributed by atoms with Gasteiger partial charge in [-0.05, 0) is 24.6 Å². The van der Waals surface area contributed by atoms with E-state index in [4.69, 9.17) is 0 Å². The maximum absolute atomic E-state index is 12.5. The molecular weight excluding hydrogens is 277 g/mol. The summed E-state index contributed by atoms with van der Waals surface area (Å²) >= 11 is 1.15. The predicted octanol–water partition coefficient (Wildman–Crippen LogP) is 4.09. The van der Waals surface area contributed by atoms with Crippen molar-refractivity contribution >= 4 is 23.0 Å². The van der Waals surface area contributed by atoms with Gasteiger partial charge >= 0.3 is 6.18 Å². The largest absolute Gasteiger partial charge is 0.507 e. The molecular formula is C13H13F3O2S. The van der Waals surface area contributed by atoms with Crippen LogP contribution in [0.3, 0.4) is 0 Å². The number of allylic oxidation sites excluding steroid dienone is 1. The van der Waals surface area contributed by atoms with Gasteiger partial charge in [0.2, 0.25) is 0 Å². The van der Waals surface area contributed by atoms with E-state index in [2.05, 4.69) is 0 Å². The zero-order valence-corrected chi connectivity index (χ0v) is 11.0. The normalized spacial score (nSPS) is 12.0. The molecule has 19 heavy (non-hydrogen) atoms. The number of hydrogen-bond donors (Lipinski definition) is 1. The van der Waals surface area contributed by atoms with Gasteiger partial charge in [0.15, 0.2) is 5.12 Å². The number of aromatic hydroxyl groups is 1. The van der Waals surface area contributed by atoms with E-state index >= 15 is 0 Å². The van der Waals surface area contributed by atoms with Gasteiger partial charge in [0.1, 0.15) is 5.75 Å². The Labute approximate surface area is 113 Å². The SMILES string of the molecule is CC(=O)SCCC=Cc1cc(C(F)(F)F)ccc1O. The van der Waals surface area contributed by atoms with Crippen molar-refractivity contribution in [2.75, 3.05) is 5.75 Å². The topological polar surface area (TPSA) is 37.3 Å². The van der Waals surface area contributed by atoms with Gasteiger partial charge in [-0.3, -0.25) is 4.79 Å². The molecule has 0 aliphatic carbocycles. The van der Waals surface area contributed by atoms with Gasteiger partial charge in [-0.1, -0.05) is 23.9 Å². The fraction of sp³-hybridized carbons (Fsp3) is 0.308. The highest BCUT2D eigenvalue weighted by atomic mass is 32.2. The van der Waals surface area contributed by atoms with Crippen molar-refractivity contribution < 1.29 is 23.1 Å². The second-order valence-corrected chi connectivity index (χ2v) is 5.07. The highest BCUT2D eigenvalue weighted by Crippen LogP contribution is 2.32. The van der Waals surface area contributed by atoms with Crippen molar-refractivity contribution in [2.24, 2.45) is 0 Å². The van der Waals surface area contributed by atoms with Crippen LogP contribution in [0.15, 0.2) is 24.3 Å². The average Bonchev–Trinajstić information content (AvgIpc) is 2.29. The van der Waals surface area contributed by atoms with Gasteiger partial charge in [0.25, 0.3) is 0 Å². The summed E-state index contributed by atoms with van der Waals surface area (Å²) in [5, 5.41) is 9.46. The first kappa shape index (κ1) is 15.6. The summed E-state index contributed by atoms with van der Waals surface area (Å²) in [6.45, 7) is 1.45. The van der Waals surface area contributed by atoms with E-state index in [1.165, 1.54) is 13.0 Å². The number of hydrogen-bond acceptors (Lipinski definition) is 3. The van der Waals surface area contributed by atoms with E-state index in [1.54, 1.807) is 6.08 Å². The minimum Gasteiger partial charge on any atom is -0.507 e. The smallest absolute Gasteiger partial charge is 0.416 e. The van der Waals surface area contributed by atoms with Gasteiger partial charge < -0.3 is 5.11 Å². The number of benzene rings is 1. The van der Waals surface area contributed by atoms with Crippen LogP contribution in [-0.2, 0) is 11.0 Å². The molecule has 0 amide bonds. The second kappa shape index (κ2) is 6.65. The predicted molar refractivity (Wildman–Crippen MR) is 69.9 cm³/mol. The van der Waals surface area contributed by atoms with Crippen LogP contribution in [0.2, 0.25) is 0 Å². The molecule has 0 bridgehead atoms. The molecule has 1 aromatic rings. The summed E-state index contributed by atoms with van der Waals surface area (Å²) in [7, 11) is 0. The molecule has 0 fully saturated rings. The minimum absolute atomic E-state index is 0.00434. The van der Waals surface area contributed by atoms with Gasteiger partial charge in [-0.15, -0.1) is 0 Å². The van der Waals surface area contributed by atoms with Gasteiger partial charge in [-0.25, -0.2) is 0 Å². The van der Waals surface area contributed by atoms with E-state index in [0.29, 0.717) is 12.2 Å². The average molecular weight is 290 g/mol. The number of alkyl halides is 3. The molecule has 0 spiro atoms. The van der Waals surface area contributed by atoms with Crippen LogP contribution < -0.4 is 0 Å². The number of rotatable bonds is 4. The Morgan fingerprint density at radius 3 is 2.68 bits per heavy atom. The summed E-state index contributed by atoms with van der Waals surface area (Å²) in [6, 6.07) is 2.75. The van der Waals surface area contributed by atoms with Gasteiger partial charge in [0, 0.05) is 18.2 Å². The summed E-state index contributed by atoms with van der Waals surface area (Å²) < 4.78 is 37.5. The standard InChI is InChI=1S/C13H13F3O2S/c1-9(17)19-7-3-2-4-10-8-11(13(14,15)16)5-6-12(10)18/h2,4-6,8,18H,3,7H2,1H3. The van der Waals surface area contributed by atoms with E-state index in [-0.39, 0.29) is 16.4 Å². The molecule has 0 atom stereocenters. The molecule has 0 aliphatic heterocycles. The quantitative estimate of drug-likeness (QED) is 0.848. The Morgan fingerprint density at radius 1 is 1.42 bits per heavy atom. The number of carbonyl (C=O) groups excluding carboxylic acids is 1. The first-order chi connectivity index (χ1) is 8.80. The molecule has 0 aromatic heterocycles. The van der Waals surface area contributed by atoms with Crippen LogP contribution in [0.4, 0.5) is 13.2 Å². The first-order valence-corrected chi connectivity index (χ1v) is 6.49. The van der Waals surface area contributed by atoms with Crippen LogP contribution in [-0.4, -0.2) is 16.0 Å². The lowest BCUT2D eigenvalue weighted by atomic mass is 10.1. The Morgan fingerprint density at radius 2 is 2.11 bits per heavy atom. The summed E-state index contributed by atoms with van der Waals surface area (Å²) in [5.41, 5.74) is -0.689. The van der Waals surface area contributed by atoms with Crippen LogP contribution in [0.5, 0.6) is 5.75 Å². The van der Waals surface area contributed by atoms with Crippen LogP contribution >= 0.6 is 11.8 Å². The van der Waals surface area contributed by atoms with Crippen molar-refractivity contribution in [1.29, 1.82) is 0 Å². The number of thioether (sulfide) groups is 1. The van der Waals surface area contributed by atoms with Crippen molar-refractivity contribution in [3.05, 3.63) is 35.4 Å². The number of phenolic OH excluding ortho intramolecular Hbond substituents is 1. The van der Waals surface area contributed by atoms with Crippen LogP contribution in [0.1, 0.15) is 24.5 Å². The Balaban J connectivity index is 2.72.